The third-order valence-electron chi connectivity index (χ3n) is 8.35. The molecule has 6 nitrogen and oxygen atoms in total. The lowest BCUT2D eigenvalue weighted by molar-refractivity contribution is -0.138. The molecule has 1 amide bonds. The van der Waals surface area contributed by atoms with Crippen LogP contribution >= 0.6 is 0 Å². The van der Waals surface area contributed by atoms with Crippen LogP contribution in [-0.4, -0.2) is 63.2 Å². The number of benzene rings is 3. The number of piperidine rings is 1. The zero-order valence-corrected chi connectivity index (χ0v) is 24.9. The SMILES string of the molecule is C=C(NC(CCN1CCC2(CC1)CCN(Cc1ccc(OC)cc1)C2=O)c1ccccc1)c1ccccc1.COC. The molecule has 41 heavy (non-hydrogen) atoms. The van der Waals surface area contributed by atoms with Crippen molar-refractivity contribution in [3.63, 3.8) is 0 Å². The highest BCUT2D eigenvalue weighted by Gasteiger charge is 2.47. The van der Waals surface area contributed by atoms with Crippen LogP contribution in [0, 0.1) is 5.41 Å². The number of likely N-dealkylation sites (tertiary alicyclic amines) is 2. The molecule has 1 N–H and O–H groups in total. The van der Waals surface area contributed by atoms with Gasteiger partial charge in [0.25, 0.3) is 0 Å². The molecule has 2 fully saturated rings. The molecule has 2 aliphatic heterocycles. The monoisotopic (exact) mass is 555 g/mol. The number of nitrogens with one attached hydrogen (secondary N) is 1. The van der Waals surface area contributed by atoms with E-state index in [1.54, 1.807) is 21.3 Å². The van der Waals surface area contributed by atoms with Gasteiger partial charge in [-0.2, -0.15) is 0 Å². The van der Waals surface area contributed by atoms with E-state index in [0.717, 1.165) is 74.4 Å². The summed E-state index contributed by atoms with van der Waals surface area (Å²) in [5.41, 5.74) is 4.32. The maximum absolute atomic E-state index is 13.5. The van der Waals surface area contributed by atoms with Gasteiger partial charge in [-0.3, -0.25) is 4.79 Å². The fourth-order valence-corrected chi connectivity index (χ4v) is 5.92. The van der Waals surface area contributed by atoms with Crippen LogP contribution in [0.5, 0.6) is 5.75 Å². The van der Waals surface area contributed by atoms with E-state index in [-0.39, 0.29) is 11.5 Å². The molecule has 1 unspecified atom stereocenters. The molecule has 0 aromatic heterocycles. The van der Waals surface area contributed by atoms with Crippen LogP contribution in [0.25, 0.3) is 5.70 Å². The lowest BCUT2D eigenvalue weighted by atomic mass is 9.77. The predicted octanol–water partition coefficient (Wildman–Crippen LogP) is 6.16. The number of rotatable bonds is 10. The molecular weight excluding hydrogens is 510 g/mol. The lowest BCUT2D eigenvalue weighted by Crippen LogP contribution is -2.45. The van der Waals surface area contributed by atoms with E-state index in [9.17, 15) is 4.79 Å². The molecule has 1 atom stereocenters. The Bertz CT molecular complexity index is 1220. The number of nitrogens with zero attached hydrogens (tertiary/aromatic N) is 2. The normalized spacial score (nSPS) is 17.0. The van der Waals surface area contributed by atoms with E-state index in [1.807, 2.05) is 30.3 Å². The Morgan fingerprint density at radius 1 is 0.878 bits per heavy atom. The number of methoxy groups -OCH3 is 2. The van der Waals surface area contributed by atoms with E-state index in [2.05, 4.69) is 81.0 Å². The number of carbonyl (C=O) groups excluding carboxylic acids is 1. The molecule has 2 heterocycles. The third kappa shape index (κ3) is 7.99. The first-order valence-corrected chi connectivity index (χ1v) is 14.6. The topological polar surface area (TPSA) is 54.0 Å². The summed E-state index contributed by atoms with van der Waals surface area (Å²) in [5, 5.41) is 3.69. The average molecular weight is 556 g/mol. The third-order valence-corrected chi connectivity index (χ3v) is 8.35. The highest BCUT2D eigenvalue weighted by Crippen LogP contribution is 2.42. The van der Waals surface area contributed by atoms with Crippen molar-refractivity contribution in [2.24, 2.45) is 5.41 Å². The Hall–Kier alpha value is -3.61. The summed E-state index contributed by atoms with van der Waals surface area (Å²) in [4.78, 5) is 18.1. The summed E-state index contributed by atoms with van der Waals surface area (Å²) >= 11 is 0. The molecule has 6 heteroatoms. The Morgan fingerprint density at radius 3 is 2.07 bits per heavy atom. The van der Waals surface area contributed by atoms with Crippen LogP contribution in [0.4, 0.5) is 0 Å². The molecule has 3 aromatic carbocycles. The molecule has 0 saturated carbocycles. The van der Waals surface area contributed by atoms with E-state index in [1.165, 1.54) is 5.56 Å². The van der Waals surface area contributed by atoms with Gasteiger partial charge in [-0.1, -0.05) is 79.4 Å². The number of hydrogen-bond donors (Lipinski definition) is 1. The first-order chi connectivity index (χ1) is 20.0. The van der Waals surface area contributed by atoms with Crippen molar-refractivity contribution >= 4 is 11.6 Å². The van der Waals surface area contributed by atoms with Crippen LogP contribution in [0.3, 0.4) is 0 Å². The molecule has 0 aliphatic carbocycles. The van der Waals surface area contributed by atoms with Gasteiger partial charge in [0, 0.05) is 39.6 Å². The van der Waals surface area contributed by atoms with Crippen molar-refractivity contribution < 1.29 is 14.3 Å². The molecule has 2 aliphatic rings. The largest absolute Gasteiger partial charge is 0.497 e. The van der Waals surface area contributed by atoms with Crippen molar-refractivity contribution in [3.8, 4) is 5.75 Å². The Balaban J connectivity index is 0.00000124. The minimum Gasteiger partial charge on any atom is -0.497 e. The predicted molar refractivity (Wildman–Crippen MR) is 166 cm³/mol. The first kappa shape index (κ1) is 30.4. The minimum absolute atomic E-state index is 0.179. The van der Waals surface area contributed by atoms with E-state index in [0.29, 0.717) is 12.5 Å². The summed E-state index contributed by atoms with van der Waals surface area (Å²) in [7, 11) is 4.93. The summed E-state index contributed by atoms with van der Waals surface area (Å²) in [6.07, 6.45) is 3.86. The molecular formula is C35H45N3O3. The molecule has 218 valence electrons. The zero-order chi connectivity index (χ0) is 29.1. The van der Waals surface area contributed by atoms with Crippen molar-refractivity contribution in [3.05, 3.63) is 108 Å². The second kappa shape index (κ2) is 14.9. The van der Waals surface area contributed by atoms with Gasteiger partial charge in [-0.25, -0.2) is 0 Å². The van der Waals surface area contributed by atoms with Crippen LogP contribution in [0.15, 0.2) is 91.5 Å². The Morgan fingerprint density at radius 2 is 1.46 bits per heavy atom. The maximum atomic E-state index is 13.5. The quantitative estimate of drug-likeness (QED) is 0.325. The van der Waals surface area contributed by atoms with Gasteiger partial charge in [0.05, 0.1) is 18.6 Å². The standard InChI is InChI=1S/C33H39N3O2.C2H6O/c1-26(28-9-5-3-6-10-28)34-31(29-11-7-4-8-12-29)17-21-35-22-18-33(19-23-35)20-24-36(32(33)37)25-27-13-15-30(38-2)16-14-27;1-3-2/h3-16,31,34H,1,17-25H2,2H3;1-2H3. The van der Waals surface area contributed by atoms with E-state index in [4.69, 9.17) is 4.74 Å². The highest BCUT2D eigenvalue weighted by atomic mass is 16.5. The lowest BCUT2D eigenvalue weighted by Gasteiger charge is -2.38. The second-order valence-electron chi connectivity index (χ2n) is 11.1. The molecule has 3 aromatic rings. The summed E-state index contributed by atoms with van der Waals surface area (Å²) in [6, 6.07) is 29.2. The minimum atomic E-state index is -0.179. The Labute approximate surface area is 246 Å². The van der Waals surface area contributed by atoms with Gasteiger partial charge in [-0.05, 0) is 67.6 Å². The number of ether oxygens (including phenoxy) is 2. The van der Waals surface area contributed by atoms with Crippen LogP contribution in [-0.2, 0) is 16.1 Å². The molecule has 2 saturated heterocycles. The number of hydrogen-bond acceptors (Lipinski definition) is 5. The number of carbonyl (C=O) groups is 1. The van der Waals surface area contributed by atoms with E-state index < -0.39 is 0 Å². The van der Waals surface area contributed by atoms with Crippen molar-refractivity contribution in [2.45, 2.75) is 38.3 Å². The van der Waals surface area contributed by atoms with Crippen molar-refractivity contribution in [2.75, 3.05) is 47.5 Å². The van der Waals surface area contributed by atoms with Gasteiger partial charge in [-0.15, -0.1) is 0 Å². The van der Waals surface area contributed by atoms with Crippen LogP contribution < -0.4 is 10.1 Å². The molecule has 0 radical (unpaired) electrons. The second-order valence-corrected chi connectivity index (χ2v) is 11.1. The highest BCUT2D eigenvalue weighted by molar-refractivity contribution is 5.85. The van der Waals surface area contributed by atoms with Gasteiger partial charge >= 0.3 is 0 Å². The smallest absolute Gasteiger partial charge is 0.229 e. The van der Waals surface area contributed by atoms with Crippen molar-refractivity contribution in [1.29, 1.82) is 0 Å². The van der Waals surface area contributed by atoms with Crippen molar-refractivity contribution in [1.82, 2.24) is 15.1 Å². The fourth-order valence-electron chi connectivity index (χ4n) is 5.92. The van der Waals surface area contributed by atoms with Crippen LogP contribution in [0.2, 0.25) is 0 Å². The first-order valence-electron chi connectivity index (χ1n) is 14.6. The molecule has 5 rings (SSSR count). The molecule has 1 spiro atoms. The maximum Gasteiger partial charge on any atom is 0.229 e. The summed E-state index contributed by atoms with van der Waals surface area (Å²) in [6.45, 7) is 8.80. The average Bonchev–Trinajstić information content (AvgIpc) is 3.31. The van der Waals surface area contributed by atoms with Crippen LogP contribution in [0.1, 0.15) is 48.4 Å². The van der Waals surface area contributed by atoms with Gasteiger partial charge in [0.2, 0.25) is 5.91 Å². The van der Waals surface area contributed by atoms with E-state index >= 15 is 0 Å². The molecule has 0 bridgehead atoms. The van der Waals surface area contributed by atoms with Gasteiger partial charge in [0.1, 0.15) is 5.75 Å². The Kier molecular flexibility index (Phi) is 11.0. The van der Waals surface area contributed by atoms with Gasteiger partial charge < -0.3 is 24.6 Å². The zero-order valence-electron chi connectivity index (χ0n) is 24.9. The van der Waals surface area contributed by atoms with Gasteiger partial charge in [0.15, 0.2) is 0 Å². The fraction of sp³-hybridized carbons (Fsp3) is 0.400. The summed E-state index contributed by atoms with van der Waals surface area (Å²) in [5.74, 6) is 1.19. The number of amides is 1. The summed E-state index contributed by atoms with van der Waals surface area (Å²) < 4.78 is 9.52.